The second-order valence-electron chi connectivity index (χ2n) is 3.17. The summed E-state index contributed by atoms with van der Waals surface area (Å²) < 4.78 is 13.0. The molecule has 1 aromatic heterocycles. The Morgan fingerprint density at radius 1 is 1.38 bits per heavy atom. The van der Waals surface area contributed by atoms with E-state index in [0.29, 0.717) is 13.0 Å². The van der Waals surface area contributed by atoms with Crippen LogP contribution in [0.2, 0.25) is 5.02 Å². The summed E-state index contributed by atoms with van der Waals surface area (Å²) in [5, 5.41) is 9.68. The molecule has 2 rings (SSSR count). The lowest BCUT2D eigenvalue weighted by Gasteiger charge is -1.97. The van der Waals surface area contributed by atoms with Crippen molar-refractivity contribution in [1.82, 2.24) is 10.2 Å². The standard InChI is InChI=1S/C10H9ClFN3S/c11-7-5-6(1-2-8(7)12)10-15-14-9(16-10)3-4-13/h1-2,5H,3-4,13H2. The van der Waals surface area contributed by atoms with Crippen molar-refractivity contribution in [3.05, 3.63) is 34.0 Å². The summed E-state index contributed by atoms with van der Waals surface area (Å²) in [4.78, 5) is 0. The van der Waals surface area contributed by atoms with Crippen LogP contribution >= 0.6 is 22.9 Å². The van der Waals surface area contributed by atoms with Gasteiger partial charge in [0.25, 0.3) is 0 Å². The summed E-state index contributed by atoms with van der Waals surface area (Å²) in [5.74, 6) is -0.433. The van der Waals surface area contributed by atoms with Gasteiger partial charge in [0.05, 0.1) is 5.02 Å². The molecule has 0 aliphatic carbocycles. The number of hydrogen-bond donors (Lipinski definition) is 1. The van der Waals surface area contributed by atoms with Gasteiger partial charge in [0.15, 0.2) is 0 Å². The quantitative estimate of drug-likeness (QED) is 0.919. The van der Waals surface area contributed by atoms with Crippen LogP contribution in [0.3, 0.4) is 0 Å². The summed E-state index contributed by atoms with van der Waals surface area (Å²) in [6, 6.07) is 4.50. The molecule has 1 heterocycles. The van der Waals surface area contributed by atoms with Crippen molar-refractivity contribution in [2.75, 3.05) is 6.54 Å². The summed E-state index contributed by atoms with van der Waals surface area (Å²) >= 11 is 7.13. The Morgan fingerprint density at radius 3 is 2.88 bits per heavy atom. The Morgan fingerprint density at radius 2 is 2.19 bits per heavy atom. The molecule has 6 heteroatoms. The Balaban J connectivity index is 2.31. The Kier molecular flexibility index (Phi) is 3.48. The molecular formula is C10H9ClFN3S. The summed E-state index contributed by atoms with van der Waals surface area (Å²) in [6.07, 6.45) is 0.701. The zero-order chi connectivity index (χ0) is 11.5. The second kappa shape index (κ2) is 4.86. The highest BCUT2D eigenvalue weighted by Gasteiger charge is 2.08. The van der Waals surface area contributed by atoms with Gasteiger partial charge >= 0.3 is 0 Å². The average molecular weight is 258 g/mol. The molecule has 2 N–H and O–H groups in total. The average Bonchev–Trinajstić information content (AvgIpc) is 2.71. The fourth-order valence-corrected chi connectivity index (χ4v) is 2.26. The van der Waals surface area contributed by atoms with Crippen LogP contribution in [0.5, 0.6) is 0 Å². The van der Waals surface area contributed by atoms with Gasteiger partial charge in [-0.1, -0.05) is 22.9 Å². The number of halogens is 2. The van der Waals surface area contributed by atoms with Crippen molar-refractivity contribution in [3.8, 4) is 10.6 Å². The van der Waals surface area contributed by atoms with Crippen LogP contribution in [-0.4, -0.2) is 16.7 Å². The topological polar surface area (TPSA) is 51.8 Å². The lowest BCUT2D eigenvalue weighted by atomic mass is 10.2. The maximum absolute atomic E-state index is 13.0. The van der Waals surface area contributed by atoms with Crippen molar-refractivity contribution in [2.24, 2.45) is 5.73 Å². The third-order valence-corrected chi connectivity index (χ3v) is 3.31. The fraction of sp³-hybridized carbons (Fsp3) is 0.200. The number of hydrogen-bond acceptors (Lipinski definition) is 4. The first-order chi connectivity index (χ1) is 7.70. The lowest BCUT2D eigenvalue weighted by molar-refractivity contribution is 0.628. The molecule has 2 aromatic rings. The molecule has 0 aliphatic rings. The van der Waals surface area contributed by atoms with E-state index in [1.807, 2.05) is 0 Å². The Bertz CT molecular complexity index is 501. The Hall–Kier alpha value is -1.04. The summed E-state index contributed by atoms with van der Waals surface area (Å²) in [7, 11) is 0. The minimum Gasteiger partial charge on any atom is -0.330 e. The van der Waals surface area contributed by atoms with Crippen molar-refractivity contribution in [2.45, 2.75) is 6.42 Å². The molecule has 0 spiro atoms. The first kappa shape index (κ1) is 11.4. The third kappa shape index (κ3) is 2.37. The maximum atomic E-state index is 13.0. The van der Waals surface area contributed by atoms with Gasteiger partial charge in [-0.05, 0) is 24.7 Å². The minimum absolute atomic E-state index is 0.0908. The number of rotatable bonds is 3. The van der Waals surface area contributed by atoms with Crippen molar-refractivity contribution >= 4 is 22.9 Å². The van der Waals surface area contributed by atoms with Crippen LogP contribution in [0.25, 0.3) is 10.6 Å². The van der Waals surface area contributed by atoms with E-state index in [9.17, 15) is 4.39 Å². The molecule has 0 amide bonds. The molecular weight excluding hydrogens is 249 g/mol. The molecule has 0 fully saturated rings. The molecule has 0 bridgehead atoms. The molecule has 1 aromatic carbocycles. The predicted molar refractivity (Wildman–Crippen MR) is 63.1 cm³/mol. The van der Waals surface area contributed by atoms with Gasteiger partial charge in [-0.2, -0.15) is 0 Å². The van der Waals surface area contributed by atoms with Gasteiger partial charge in [0.2, 0.25) is 0 Å². The molecule has 0 aliphatic heterocycles. The lowest BCUT2D eigenvalue weighted by Crippen LogP contribution is -2.01. The molecule has 0 radical (unpaired) electrons. The van der Waals surface area contributed by atoms with Gasteiger partial charge in [-0.3, -0.25) is 0 Å². The molecule has 16 heavy (non-hydrogen) atoms. The van der Waals surface area contributed by atoms with Crippen molar-refractivity contribution in [1.29, 1.82) is 0 Å². The molecule has 0 saturated carbocycles. The molecule has 3 nitrogen and oxygen atoms in total. The number of nitrogens with zero attached hydrogens (tertiary/aromatic N) is 2. The van der Waals surface area contributed by atoms with Gasteiger partial charge in [0, 0.05) is 12.0 Å². The normalized spacial score (nSPS) is 10.7. The van der Waals surface area contributed by atoms with Gasteiger partial charge in [0.1, 0.15) is 15.8 Å². The van der Waals surface area contributed by atoms with Gasteiger partial charge in [-0.25, -0.2) is 4.39 Å². The van der Waals surface area contributed by atoms with Gasteiger partial charge < -0.3 is 5.73 Å². The minimum atomic E-state index is -0.433. The highest BCUT2D eigenvalue weighted by Crippen LogP contribution is 2.27. The van der Waals surface area contributed by atoms with Crippen LogP contribution in [-0.2, 0) is 6.42 Å². The first-order valence-electron chi connectivity index (χ1n) is 4.68. The number of benzene rings is 1. The zero-order valence-corrected chi connectivity index (χ0v) is 9.85. The van der Waals surface area contributed by atoms with Crippen LogP contribution in [0.15, 0.2) is 18.2 Å². The summed E-state index contributed by atoms with van der Waals surface area (Å²) in [6.45, 7) is 0.540. The molecule has 0 unspecified atom stereocenters. The van der Waals surface area contributed by atoms with E-state index in [1.165, 1.54) is 17.4 Å². The second-order valence-corrected chi connectivity index (χ2v) is 4.64. The molecule has 84 valence electrons. The first-order valence-corrected chi connectivity index (χ1v) is 5.88. The van der Waals surface area contributed by atoms with E-state index < -0.39 is 5.82 Å². The van der Waals surface area contributed by atoms with Crippen LogP contribution in [0.4, 0.5) is 4.39 Å². The van der Waals surface area contributed by atoms with Crippen LogP contribution in [0, 0.1) is 5.82 Å². The summed E-state index contributed by atoms with van der Waals surface area (Å²) in [5.41, 5.74) is 6.19. The van der Waals surface area contributed by atoms with E-state index in [-0.39, 0.29) is 5.02 Å². The SMILES string of the molecule is NCCc1nnc(-c2ccc(F)c(Cl)c2)s1. The monoisotopic (exact) mass is 257 g/mol. The third-order valence-electron chi connectivity index (χ3n) is 1.99. The predicted octanol–water partition coefficient (Wildman–Crippen LogP) is 2.50. The highest BCUT2D eigenvalue weighted by atomic mass is 35.5. The number of aromatic nitrogens is 2. The van der Waals surface area contributed by atoms with Gasteiger partial charge in [-0.15, -0.1) is 10.2 Å². The zero-order valence-electron chi connectivity index (χ0n) is 8.28. The molecule has 0 atom stereocenters. The largest absolute Gasteiger partial charge is 0.330 e. The maximum Gasteiger partial charge on any atom is 0.147 e. The Labute approximate surface area is 101 Å². The fourth-order valence-electron chi connectivity index (χ4n) is 1.22. The van der Waals surface area contributed by atoms with E-state index in [1.54, 1.807) is 12.1 Å². The smallest absolute Gasteiger partial charge is 0.147 e. The van der Waals surface area contributed by atoms with E-state index in [2.05, 4.69) is 10.2 Å². The van der Waals surface area contributed by atoms with E-state index in [4.69, 9.17) is 17.3 Å². The van der Waals surface area contributed by atoms with Crippen molar-refractivity contribution in [3.63, 3.8) is 0 Å². The van der Waals surface area contributed by atoms with E-state index in [0.717, 1.165) is 15.6 Å². The number of nitrogens with two attached hydrogens (primary N) is 1. The highest BCUT2D eigenvalue weighted by molar-refractivity contribution is 7.14. The molecule has 0 saturated heterocycles. The van der Waals surface area contributed by atoms with Crippen LogP contribution < -0.4 is 5.73 Å². The van der Waals surface area contributed by atoms with Crippen molar-refractivity contribution < 1.29 is 4.39 Å². The van der Waals surface area contributed by atoms with Crippen LogP contribution in [0.1, 0.15) is 5.01 Å². The van der Waals surface area contributed by atoms with E-state index >= 15 is 0 Å².